The maximum atomic E-state index is 12.7. The standard InChI is InChI=1S/C21H23NO3/c23-19(25-15-17-7-3-1-4-8-17)22-16-21(24,14-13-20(22)11-12-20)18-9-5-2-6-10-18/h1-10,24H,11-16H2. The van der Waals surface area contributed by atoms with Gasteiger partial charge in [0.25, 0.3) is 0 Å². The Morgan fingerprint density at radius 1 is 0.960 bits per heavy atom. The van der Waals surface area contributed by atoms with Crippen LogP contribution in [0.4, 0.5) is 4.79 Å². The zero-order valence-corrected chi connectivity index (χ0v) is 14.2. The quantitative estimate of drug-likeness (QED) is 0.926. The Morgan fingerprint density at radius 2 is 1.56 bits per heavy atom. The summed E-state index contributed by atoms with van der Waals surface area (Å²) in [5.74, 6) is 0. The molecule has 1 saturated heterocycles. The lowest BCUT2D eigenvalue weighted by Crippen LogP contribution is -2.55. The molecule has 130 valence electrons. The van der Waals surface area contributed by atoms with Gasteiger partial charge in [0, 0.05) is 5.54 Å². The second-order valence-electron chi connectivity index (χ2n) is 7.25. The van der Waals surface area contributed by atoms with E-state index >= 15 is 0 Å². The van der Waals surface area contributed by atoms with Crippen molar-refractivity contribution < 1.29 is 14.6 Å². The molecule has 0 bridgehead atoms. The van der Waals surface area contributed by atoms with Crippen molar-refractivity contribution in [1.29, 1.82) is 0 Å². The highest BCUT2D eigenvalue weighted by Crippen LogP contribution is 2.52. The number of nitrogens with zero attached hydrogens (tertiary/aromatic N) is 1. The third-order valence-electron chi connectivity index (χ3n) is 5.56. The minimum absolute atomic E-state index is 0.102. The number of carbonyl (C=O) groups excluding carboxylic acids is 1. The SMILES string of the molecule is O=C(OCc1ccccc1)N1CC(O)(c2ccccc2)CCC12CC2. The van der Waals surface area contributed by atoms with Gasteiger partial charge in [-0.15, -0.1) is 0 Å². The predicted octanol–water partition coefficient (Wildman–Crippen LogP) is 3.84. The van der Waals surface area contributed by atoms with E-state index in [2.05, 4.69) is 0 Å². The molecule has 4 nitrogen and oxygen atoms in total. The van der Waals surface area contributed by atoms with Gasteiger partial charge >= 0.3 is 6.09 Å². The summed E-state index contributed by atoms with van der Waals surface area (Å²) in [5, 5.41) is 11.2. The number of carbonyl (C=O) groups is 1. The number of piperidine rings is 1. The molecule has 1 atom stereocenters. The van der Waals surface area contributed by atoms with Crippen molar-refractivity contribution in [2.75, 3.05) is 6.54 Å². The van der Waals surface area contributed by atoms with E-state index < -0.39 is 5.60 Å². The minimum Gasteiger partial charge on any atom is -0.445 e. The summed E-state index contributed by atoms with van der Waals surface area (Å²) in [5.41, 5.74) is 0.734. The first kappa shape index (κ1) is 16.2. The van der Waals surface area contributed by atoms with Crippen molar-refractivity contribution >= 4 is 6.09 Å². The van der Waals surface area contributed by atoms with Gasteiger partial charge in [-0.1, -0.05) is 60.7 Å². The van der Waals surface area contributed by atoms with Crippen LogP contribution in [-0.2, 0) is 16.9 Å². The molecule has 1 unspecified atom stereocenters. The van der Waals surface area contributed by atoms with Gasteiger partial charge in [-0.05, 0) is 36.8 Å². The number of aliphatic hydroxyl groups is 1. The van der Waals surface area contributed by atoms with E-state index in [0.717, 1.165) is 30.4 Å². The number of amides is 1. The van der Waals surface area contributed by atoms with E-state index in [0.29, 0.717) is 13.0 Å². The largest absolute Gasteiger partial charge is 0.445 e. The van der Waals surface area contributed by atoms with Gasteiger partial charge in [-0.25, -0.2) is 4.79 Å². The van der Waals surface area contributed by atoms with Crippen LogP contribution in [0.1, 0.15) is 36.8 Å². The van der Waals surface area contributed by atoms with Gasteiger partial charge in [0.15, 0.2) is 0 Å². The van der Waals surface area contributed by atoms with Crippen LogP contribution in [0.5, 0.6) is 0 Å². The molecular weight excluding hydrogens is 314 g/mol. The lowest BCUT2D eigenvalue weighted by molar-refractivity contribution is -0.0602. The molecule has 0 aromatic heterocycles. The highest BCUT2D eigenvalue weighted by molar-refractivity contribution is 5.70. The van der Waals surface area contributed by atoms with Crippen LogP contribution < -0.4 is 0 Å². The number of ether oxygens (including phenoxy) is 1. The molecule has 0 radical (unpaired) electrons. The van der Waals surface area contributed by atoms with E-state index in [9.17, 15) is 9.90 Å². The van der Waals surface area contributed by atoms with Crippen LogP contribution in [0.25, 0.3) is 0 Å². The summed E-state index contributed by atoms with van der Waals surface area (Å²) in [6, 6.07) is 19.3. The molecule has 1 aliphatic carbocycles. The number of hydrogen-bond donors (Lipinski definition) is 1. The molecular formula is C21H23NO3. The second kappa shape index (κ2) is 6.19. The lowest BCUT2D eigenvalue weighted by atomic mass is 9.82. The normalized spacial score (nSPS) is 24.1. The summed E-state index contributed by atoms with van der Waals surface area (Å²) >= 11 is 0. The molecule has 4 rings (SSSR count). The Labute approximate surface area is 148 Å². The fourth-order valence-electron chi connectivity index (χ4n) is 3.79. The van der Waals surface area contributed by atoms with E-state index in [4.69, 9.17) is 4.74 Å². The van der Waals surface area contributed by atoms with Crippen LogP contribution in [-0.4, -0.2) is 28.2 Å². The van der Waals surface area contributed by atoms with Crippen LogP contribution in [0.3, 0.4) is 0 Å². The van der Waals surface area contributed by atoms with Gasteiger partial charge in [0.2, 0.25) is 0 Å². The average Bonchev–Trinajstić information content (AvgIpc) is 3.44. The number of rotatable bonds is 3. The Bertz CT molecular complexity index is 742. The molecule has 2 fully saturated rings. The zero-order chi connectivity index (χ0) is 17.3. The molecule has 1 aliphatic heterocycles. The van der Waals surface area contributed by atoms with Gasteiger partial charge in [-0.2, -0.15) is 0 Å². The van der Waals surface area contributed by atoms with E-state index in [1.165, 1.54) is 0 Å². The first-order valence-corrected chi connectivity index (χ1v) is 8.88. The summed E-state index contributed by atoms with van der Waals surface area (Å²) in [7, 11) is 0. The van der Waals surface area contributed by atoms with Gasteiger partial charge in [0.05, 0.1) is 6.54 Å². The first-order chi connectivity index (χ1) is 12.1. The minimum atomic E-state index is -0.999. The van der Waals surface area contributed by atoms with Gasteiger partial charge in [-0.3, -0.25) is 4.90 Å². The van der Waals surface area contributed by atoms with Gasteiger partial charge < -0.3 is 9.84 Å². The molecule has 1 amide bonds. The van der Waals surface area contributed by atoms with Crippen molar-refractivity contribution in [1.82, 2.24) is 4.90 Å². The summed E-state index contributed by atoms with van der Waals surface area (Å²) in [6.07, 6.45) is 3.17. The average molecular weight is 337 g/mol. The van der Waals surface area contributed by atoms with Crippen LogP contribution in [0.2, 0.25) is 0 Å². The maximum Gasteiger partial charge on any atom is 0.410 e. The molecule has 1 N–H and O–H groups in total. The van der Waals surface area contributed by atoms with Crippen molar-refractivity contribution in [2.45, 2.75) is 43.4 Å². The van der Waals surface area contributed by atoms with Crippen LogP contribution >= 0.6 is 0 Å². The van der Waals surface area contributed by atoms with Crippen molar-refractivity contribution in [2.24, 2.45) is 0 Å². The van der Waals surface area contributed by atoms with Gasteiger partial charge in [0.1, 0.15) is 12.2 Å². The fourth-order valence-corrected chi connectivity index (χ4v) is 3.79. The van der Waals surface area contributed by atoms with E-state index in [1.54, 1.807) is 4.90 Å². The summed E-state index contributed by atoms with van der Waals surface area (Å²) in [6.45, 7) is 0.556. The molecule has 4 heteroatoms. The fraction of sp³-hybridized carbons (Fsp3) is 0.381. The van der Waals surface area contributed by atoms with Crippen LogP contribution in [0, 0.1) is 0 Å². The van der Waals surface area contributed by atoms with Crippen LogP contribution in [0.15, 0.2) is 60.7 Å². The number of hydrogen-bond acceptors (Lipinski definition) is 3. The Kier molecular flexibility index (Phi) is 4.00. The van der Waals surface area contributed by atoms with E-state index in [1.807, 2.05) is 60.7 Å². The van der Waals surface area contributed by atoms with Crippen molar-refractivity contribution in [3.05, 3.63) is 71.8 Å². The monoisotopic (exact) mass is 337 g/mol. The molecule has 1 saturated carbocycles. The molecule has 1 heterocycles. The highest BCUT2D eigenvalue weighted by atomic mass is 16.6. The lowest BCUT2D eigenvalue weighted by Gasteiger charge is -2.44. The molecule has 2 aliphatic rings. The predicted molar refractivity (Wildman–Crippen MR) is 94.9 cm³/mol. The smallest absolute Gasteiger partial charge is 0.410 e. The second-order valence-corrected chi connectivity index (χ2v) is 7.25. The highest BCUT2D eigenvalue weighted by Gasteiger charge is 2.56. The molecule has 2 aromatic carbocycles. The number of likely N-dealkylation sites (tertiary alicyclic amines) is 1. The summed E-state index contributed by atoms with van der Waals surface area (Å²) < 4.78 is 5.55. The molecule has 25 heavy (non-hydrogen) atoms. The third-order valence-corrected chi connectivity index (χ3v) is 5.56. The number of benzene rings is 2. The summed E-state index contributed by atoms with van der Waals surface area (Å²) in [4.78, 5) is 14.5. The van der Waals surface area contributed by atoms with Crippen molar-refractivity contribution in [3.8, 4) is 0 Å². The Balaban J connectivity index is 1.49. The maximum absolute atomic E-state index is 12.7. The number of β-amino-alcohol motifs (C(OH)–C–C–N with tert-alkyl or cyclic N) is 1. The third kappa shape index (κ3) is 3.14. The van der Waals surface area contributed by atoms with E-state index in [-0.39, 0.29) is 18.2 Å². The molecule has 2 aromatic rings. The Morgan fingerprint density at radius 3 is 2.20 bits per heavy atom. The topological polar surface area (TPSA) is 49.8 Å². The van der Waals surface area contributed by atoms with Crippen molar-refractivity contribution in [3.63, 3.8) is 0 Å². The Hall–Kier alpha value is -2.33. The molecule has 1 spiro atoms. The zero-order valence-electron chi connectivity index (χ0n) is 14.2. The first-order valence-electron chi connectivity index (χ1n) is 8.88.